The molecule has 0 aliphatic carbocycles. The lowest BCUT2D eigenvalue weighted by atomic mass is 9.82. The van der Waals surface area contributed by atoms with E-state index in [0.29, 0.717) is 13.1 Å². The fraction of sp³-hybridized carbons (Fsp3) is 0.714. The van der Waals surface area contributed by atoms with Gasteiger partial charge in [0, 0.05) is 32.1 Å². The van der Waals surface area contributed by atoms with Crippen LogP contribution in [0, 0.1) is 11.3 Å². The number of carbonyl (C=O) groups is 2. The maximum Gasteiger partial charge on any atom is 0.245 e. The van der Waals surface area contributed by atoms with Gasteiger partial charge in [-0.25, -0.2) is 0 Å². The van der Waals surface area contributed by atoms with E-state index in [1.807, 2.05) is 4.90 Å². The first kappa shape index (κ1) is 13.1. The Morgan fingerprint density at radius 1 is 1.17 bits per heavy atom. The average molecular weight is 250 g/mol. The van der Waals surface area contributed by atoms with Gasteiger partial charge < -0.3 is 9.80 Å². The fourth-order valence-electron chi connectivity index (χ4n) is 2.88. The second-order valence-electron chi connectivity index (χ2n) is 6.16. The summed E-state index contributed by atoms with van der Waals surface area (Å²) in [7, 11) is 0. The van der Waals surface area contributed by atoms with Crippen LogP contribution in [0.5, 0.6) is 0 Å². The van der Waals surface area contributed by atoms with Crippen LogP contribution in [-0.4, -0.2) is 47.8 Å². The van der Waals surface area contributed by atoms with Crippen LogP contribution in [0.1, 0.15) is 26.7 Å². The summed E-state index contributed by atoms with van der Waals surface area (Å²) in [6.07, 6.45) is 2.92. The van der Waals surface area contributed by atoms with Crippen LogP contribution in [0.2, 0.25) is 0 Å². The Balaban J connectivity index is 1.81. The molecular formula is C14H22N2O2. The molecule has 0 atom stereocenters. The van der Waals surface area contributed by atoms with E-state index in [1.54, 1.807) is 4.90 Å². The SMILES string of the molecule is C=CC(=O)N1CCC(C(=O)N2CC(C)(C)C2)CC1. The van der Waals surface area contributed by atoms with E-state index in [2.05, 4.69) is 20.4 Å². The van der Waals surface area contributed by atoms with Crippen molar-refractivity contribution < 1.29 is 9.59 Å². The predicted octanol–water partition coefficient (Wildman–Crippen LogP) is 1.28. The van der Waals surface area contributed by atoms with E-state index in [-0.39, 0.29) is 23.1 Å². The first-order valence-electron chi connectivity index (χ1n) is 6.63. The number of nitrogens with zero attached hydrogens (tertiary/aromatic N) is 2. The van der Waals surface area contributed by atoms with Crippen LogP contribution in [-0.2, 0) is 9.59 Å². The van der Waals surface area contributed by atoms with E-state index in [0.717, 1.165) is 25.9 Å². The maximum atomic E-state index is 12.2. The minimum Gasteiger partial charge on any atom is -0.341 e. The van der Waals surface area contributed by atoms with Gasteiger partial charge in [0.1, 0.15) is 0 Å². The molecule has 0 N–H and O–H groups in total. The molecule has 0 aromatic rings. The van der Waals surface area contributed by atoms with Crippen molar-refractivity contribution >= 4 is 11.8 Å². The zero-order valence-electron chi connectivity index (χ0n) is 11.3. The molecule has 18 heavy (non-hydrogen) atoms. The summed E-state index contributed by atoms with van der Waals surface area (Å²) in [4.78, 5) is 27.4. The molecule has 2 rings (SSSR count). The predicted molar refractivity (Wildman–Crippen MR) is 69.9 cm³/mol. The molecule has 0 aromatic carbocycles. The van der Waals surface area contributed by atoms with Gasteiger partial charge in [0.15, 0.2) is 0 Å². The number of likely N-dealkylation sites (tertiary alicyclic amines) is 2. The van der Waals surface area contributed by atoms with Gasteiger partial charge in [-0.2, -0.15) is 0 Å². The van der Waals surface area contributed by atoms with Gasteiger partial charge in [0.2, 0.25) is 11.8 Å². The monoisotopic (exact) mass is 250 g/mol. The molecule has 0 bridgehead atoms. The number of hydrogen-bond donors (Lipinski definition) is 0. The van der Waals surface area contributed by atoms with Gasteiger partial charge in [-0.05, 0) is 24.3 Å². The molecule has 100 valence electrons. The van der Waals surface area contributed by atoms with Crippen molar-refractivity contribution in [2.24, 2.45) is 11.3 Å². The first-order valence-corrected chi connectivity index (χ1v) is 6.63. The summed E-state index contributed by atoms with van der Waals surface area (Å²) in [5.74, 6) is 0.362. The third-order valence-corrected chi connectivity index (χ3v) is 3.88. The summed E-state index contributed by atoms with van der Waals surface area (Å²) in [6.45, 7) is 11.0. The van der Waals surface area contributed by atoms with Crippen LogP contribution in [0.15, 0.2) is 12.7 Å². The number of amides is 2. The van der Waals surface area contributed by atoms with Gasteiger partial charge in [0.05, 0.1) is 0 Å². The Morgan fingerprint density at radius 2 is 1.72 bits per heavy atom. The van der Waals surface area contributed by atoms with Gasteiger partial charge in [-0.15, -0.1) is 0 Å². The van der Waals surface area contributed by atoms with E-state index in [9.17, 15) is 9.59 Å². The fourth-order valence-corrected chi connectivity index (χ4v) is 2.88. The van der Waals surface area contributed by atoms with Crippen molar-refractivity contribution in [1.29, 1.82) is 0 Å². The number of piperidine rings is 1. The molecule has 0 unspecified atom stereocenters. The molecule has 0 spiro atoms. The van der Waals surface area contributed by atoms with Crippen LogP contribution in [0.4, 0.5) is 0 Å². The van der Waals surface area contributed by atoms with Gasteiger partial charge in [0.25, 0.3) is 0 Å². The van der Waals surface area contributed by atoms with Crippen LogP contribution >= 0.6 is 0 Å². The molecule has 2 saturated heterocycles. The average Bonchev–Trinajstić information content (AvgIpc) is 2.34. The molecule has 0 aromatic heterocycles. The lowest BCUT2D eigenvalue weighted by Gasteiger charge is -2.47. The topological polar surface area (TPSA) is 40.6 Å². The third kappa shape index (κ3) is 2.57. The normalized spacial score (nSPS) is 23.4. The molecule has 0 radical (unpaired) electrons. The largest absolute Gasteiger partial charge is 0.341 e. The van der Waals surface area contributed by atoms with Gasteiger partial charge >= 0.3 is 0 Å². The molecule has 2 aliphatic heterocycles. The summed E-state index contributed by atoms with van der Waals surface area (Å²) < 4.78 is 0. The van der Waals surface area contributed by atoms with E-state index >= 15 is 0 Å². The minimum absolute atomic E-state index is 0.0222. The highest BCUT2D eigenvalue weighted by molar-refractivity contribution is 5.87. The van der Waals surface area contributed by atoms with Crippen LogP contribution in [0.3, 0.4) is 0 Å². The van der Waals surface area contributed by atoms with E-state index < -0.39 is 0 Å². The first-order chi connectivity index (χ1) is 8.43. The van der Waals surface area contributed by atoms with Crippen molar-refractivity contribution in [3.8, 4) is 0 Å². The molecular weight excluding hydrogens is 228 g/mol. The molecule has 2 fully saturated rings. The zero-order valence-corrected chi connectivity index (χ0v) is 11.3. The third-order valence-electron chi connectivity index (χ3n) is 3.88. The lowest BCUT2D eigenvalue weighted by molar-refractivity contribution is -0.148. The lowest BCUT2D eigenvalue weighted by Crippen LogP contribution is -2.57. The Labute approximate surface area is 109 Å². The van der Waals surface area contributed by atoms with Crippen LogP contribution < -0.4 is 0 Å². The van der Waals surface area contributed by atoms with E-state index in [1.165, 1.54) is 6.08 Å². The second kappa shape index (κ2) is 4.75. The summed E-state index contributed by atoms with van der Waals surface area (Å²) in [5.41, 5.74) is 0.287. The maximum absolute atomic E-state index is 12.2. The van der Waals surface area contributed by atoms with Crippen molar-refractivity contribution in [2.75, 3.05) is 26.2 Å². The smallest absolute Gasteiger partial charge is 0.245 e. The summed E-state index contributed by atoms with van der Waals surface area (Å²) in [5, 5.41) is 0. The molecule has 2 amide bonds. The molecule has 2 aliphatic rings. The molecule has 2 heterocycles. The quantitative estimate of drug-likeness (QED) is 0.693. The Bertz CT molecular complexity index is 360. The summed E-state index contributed by atoms with van der Waals surface area (Å²) in [6, 6.07) is 0. The number of rotatable bonds is 2. The molecule has 0 saturated carbocycles. The summed E-state index contributed by atoms with van der Waals surface area (Å²) >= 11 is 0. The Morgan fingerprint density at radius 3 is 2.17 bits per heavy atom. The second-order valence-corrected chi connectivity index (χ2v) is 6.16. The standard InChI is InChI=1S/C14H22N2O2/c1-4-12(17)15-7-5-11(6-8-15)13(18)16-9-14(2,3)10-16/h4,11H,1,5-10H2,2-3H3. The highest BCUT2D eigenvalue weighted by Gasteiger charge is 2.40. The highest BCUT2D eigenvalue weighted by Crippen LogP contribution is 2.31. The molecule has 4 nitrogen and oxygen atoms in total. The van der Waals surface area contributed by atoms with Crippen molar-refractivity contribution in [3.63, 3.8) is 0 Å². The number of hydrogen-bond acceptors (Lipinski definition) is 2. The molecule has 4 heteroatoms. The Kier molecular flexibility index (Phi) is 3.46. The van der Waals surface area contributed by atoms with E-state index in [4.69, 9.17) is 0 Å². The van der Waals surface area contributed by atoms with Crippen molar-refractivity contribution in [3.05, 3.63) is 12.7 Å². The zero-order chi connectivity index (χ0) is 13.3. The van der Waals surface area contributed by atoms with Crippen LogP contribution in [0.25, 0.3) is 0 Å². The van der Waals surface area contributed by atoms with Crippen molar-refractivity contribution in [2.45, 2.75) is 26.7 Å². The van der Waals surface area contributed by atoms with Crippen molar-refractivity contribution in [1.82, 2.24) is 9.80 Å². The minimum atomic E-state index is -0.0222. The van der Waals surface area contributed by atoms with Gasteiger partial charge in [-0.1, -0.05) is 20.4 Å². The highest BCUT2D eigenvalue weighted by atomic mass is 16.2. The van der Waals surface area contributed by atoms with Gasteiger partial charge in [-0.3, -0.25) is 9.59 Å². The Hall–Kier alpha value is -1.32. The number of carbonyl (C=O) groups excluding carboxylic acids is 2.